The van der Waals surface area contributed by atoms with Crippen molar-refractivity contribution in [2.75, 3.05) is 44.7 Å². The predicted octanol–water partition coefficient (Wildman–Crippen LogP) is 1.45. The molecule has 0 radical (unpaired) electrons. The molecule has 1 aliphatic heterocycles. The Kier molecular flexibility index (Phi) is 4.58. The maximum Gasteiger partial charge on any atom is 0.123 e. The molecule has 20 heavy (non-hydrogen) atoms. The second-order valence-corrected chi connectivity index (χ2v) is 5.43. The molecule has 0 amide bonds. The Labute approximate surface area is 119 Å². The van der Waals surface area contributed by atoms with E-state index in [0.29, 0.717) is 0 Å². The zero-order valence-corrected chi connectivity index (χ0v) is 12.1. The Morgan fingerprint density at radius 3 is 2.35 bits per heavy atom. The first kappa shape index (κ1) is 14.8. The summed E-state index contributed by atoms with van der Waals surface area (Å²) in [4.78, 5) is 4.54. The number of piperazine rings is 1. The Hall–Kier alpha value is -1.64. The third-order valence-corrected chi connectivity index (χ3v) is 3.90. The summed E-state index contributed by atoms with van der Waals surface area (Å²) in [5.41, 5.74) is 0.556. The zero-order chi connectivity index (χ0) is 14.6. The van der Waals surface area contributed by atoms with Crippen molar-refractivity contribution in [3.05, 3.63) is 30.1 Å². The standard InChI is InChI=1S/C15H21FN4/c1-15(11-17,18-2)12-19-7-9-20(10-8-19)14-5-3-13(16)4-6-14/h3-6,18H,7-10,12H2,1-2H3. The lowest BCUT2D eigenvalue weighted by molar-refractivity contribution is 0.214. The number of rotatable bonds is 4. The van der Waals surface area contributed by atoms with E-state index >= 15 is 0 Å². The van der Waals surface area contributed by atoms with Crippen LogP contribution in [0.1, 0.15) is 6.92 Å². The van der Waals surface area contributed by atoms with Gasteiger partial charge in [0.2, 0.25) is 0 Å². The van der Waals surface area contributed by atoms with Crippen molar-refractivity contribution >= 4 is 5.69 Å². The third kappa shape index (κ3) is 3.47. The number of likely N-dealkylation sites (N-methyl/N-ethyl adjacent to an activating group) is 1. The molecule has 1 N–H and O–H groups in total. The minimum atomic E-state index is -0.502. The molecule has 5 heteroatoms. The van der Waals surface area contributed by atoms with Gasteiger partial charge in [0.15, 0.2) is 0 Å². The Bertz CT molecular complexity index is 474. The largest absolute Gasteiger partial charge is 0.369 e. The number of nitrogens with one attached hydrogen (secondary N) is 1. The minimum Gasteiger partial charge on any atom is -0.369 e. The normalized spacial score (nSPS) is 19.4. The maximum absolute atomic E-state index is 12.9. The molecule has 1 saturated heterocycles. The SMILES string of the molecule is CNC(C)(C#N)CN1CCN(c2ccc(F)cc2)CC1. The molecule has 1 aromatic rings. The highest BCUT2D eigenvalue weighted by Crippen LogP contribution is 2.17. The molecule has 1 aliphatic rings. The van der Waals surface area contributed by atoms with Crippen LogP contribution in [0.25, 0.3) is 0 Å². The van der Waals surface area contributed by atoms with Crippen molar-refractivity contribution in [3.63, 3.8) is 0 Å². The van der Waals surface area contributed by atoms with Gasteiger partial charge in [0.25, 0.3) is 0 Å². The molecule has 2 rings (SSSR count). The maximum atomic E-state index is 12.9. The van der Waals surface area contributed by atoms with Gasteiger partial charge >= 0.3 is 0 Å². The third-order valence-electron chi connectivity index (χ3n) is 3.90. The van der Waals surface area contributed by atoms with E-state index in [0.717, 1.165) is 38.4 Å². The summed E-state index contributed by atoms with van der Waals surface area (Å²) in [6, 6.07) is 8.94. The lowest BCUT2D eigenvalue weighted by atomic mass is 10.0. The fourth-order valence-electron chi connectivity index (χ4n) is 2.43. The van der Waals surface area contributed by atoms with Crippen LogP contribution in [0.4, 0.5) is 10.1 Å². The Morgan fingerprint density at radius 1 is 1.25 bits per heavy atom. The highest BCUT2D eigenvalue weighted by molar-refractivity contribution is 5.46. The van der Waals surface area contributed by atoms with Crippen molar-refractivity contribution < 1.29 is 4.39 Å². The molecule has 0 aliphatic carbocycles. The molecule has 1 aromatic carbocycles. The van der Waals surface area contributed by atoms with Crippen LogP contribution < -0.4 is 10.2 Å². The second-order valence-electron chi connectivity index (χ2n) is 5.43. The molecule has 1 unspecified atom stereocenters. The number of benzene rings is 1. The summed E-state index contributed by atoms with van der Waals surface area (Å²) in [7, 11) is 1.82. The van der Waals surface area contributed by atoms with Gasteiger partial charge in [0, 0.05) is 38.4 Å². The van der Waals surface area contributed by atoms with Gasteiger partial charge < -0.3 is 10.2 Å². The van der Waals surface area contributed by atoms with Gasteiger partial charge in [0.1, 0.15) is 11.4 Å². The van der Waals surface area contributed by atoms with E-state index in [4.69, 9.17) is 0 Å². The molecule has 4 nitrogen and oxygen atoms in total. The summed E-state index contributed by atoms with van der Waals surface area (Å²) in [6.07, 6.45) is 0. The van der Waals surface area contributed by atoms with Gasteiger partial charge in [-0.25, -0.2) is 4.39 Å². The van der Waals surface area contributed by atoms with Gasteiger partial charge in [-0.1, -0.05) is 0 Å². The van der Waals surface area contributed by atoms with Gasteiger partial charge in [-0.05, 0) is 38.2 Å². The zero-order valence-electron chi connectivity index (χ0n) is 12.1. The number of nitrogens with zero attached hydrogens (tertiary/aromatic N) is 3. The number of anilines is 1. The lowest BCUT2D eigenvalue weighted by Crippen LogP contribution is -2.54. The van der Waals surface area contributed by atoms with E-state index in [2.05, 4.69) is 21.2 Å². The first-order valence-corrected chi connectivity index (χ1v) is 6.89. The molecule has 1 atom stereocenters. The fourth-order valence-corrected chi connectivity index (χ4v) is 2.43. The molecular weight excluding hydrogens is 255 g/mol. The summed E-state index contributed by atoms with van der Waals surface area (Å²) in [5.74, 6) is -0.203. The summed E-state index contributed by atoms with van der Waals surface area (Å²) in [6.45, 7) is 6.26. The number of hydrogen-bond acceptors (Lipinski definition) is 4. The van der Waals surface area contributed by atoms with E-state index in [1.54, 1.807) is 0 Å². The summed E-state index contributed by atoms with van der Waals surface area (Å²) in [5, 5.41) is 12.3. The van der Waals surface area contributed by atoms with Gasteiger partial charge in [-0.3, -0.25) is 4.90 Å². The first-order valence-electron chi connectivity index (χ1n) is 6.89. The average Bonchev–Trinajstić information content (AvgIpc) is 2.49. The molecule has 1 heterocycles. The van der Waals surface area contributed by atoms with E-state index in [1.165, 1.54) is 12.1 Å². The average molecular weight is 276 g/mol. The smallest absolute Gasteiger partial charge is 0.123 e. The number of hydrogen-bond donors (Lipinski definition) is 1. The molecular formula is C15H21FN4. The van der Waals surface area contributed by atoms with Crippen LogP contribution in [0.5, 0.6) is 0 Å². The minimum absolute atomic E-state index is 0.203. The van der Waals surface area contributed by atoms with Crippen LogP contribution in [0.15, 0.2) is 24.3 Å². The molecule has 0 bridgehead atoms. The van der Waals surface area contributed by atoms with Crippen molar-refractivity contribution in [1.29, 1.82) is 5.26 Å². The Morgan fingerprint density at radius 2 is 1.85 bits per heavy atom. The van der Waals surface area contributed by atoms with Crippen LogP contribution in [0.3, 0.4) is 0 Å². The van der Waals surface area contributed by atoms with E-state index in [-0.39, 0.29) is 5.82 Å². The first-order chi connectivity index (χ1) is 9.56. The van der Waals surface area contributed by atoms with E-state index in [9.17, 15) is 9.65 Å². The highest BCUT2D eigenvalue weighted by Gasteiger charge is 2.27. The van der Waals surface area contributed by atoms with Crippen molar-refractivity contribution in [2.24, 2.45) is 0 Å². The van der Waals surface area contributed by atoms with Crippen LogP contribution in [-0.2, 0) is 0 Å². The molecule has 0 aromatic heterocycles. The van der Waals surface area contributed by atoms with Crippen molar-refractivity contribution in [2.45, 2.75) is 12.5 Å². The topological polar surface area (TPSA) is 42.3 Å². The molecule has 1 fully saturated rings. The van der Waals surface area contributed by atoms with Crippen LogP contribution >= 0.6 is 0 Å². The molecule has 0 spiro atoms. The van der Waals surface area contributed by atoms with Crippen LogP contribution in [0, 0.1) is 17.1 Å². The van der Waals surface area contributed by atoms with Gasteiger partial charge in [-0.2, -0.15) is 5.26 Å². The quantitative estimate of drug-likeness (QED) is 0.904. The van der Waals surface area contributed by atoms with Crippen molar-refractivity contribution in [3.8, 4) is 6.07 Å². The summed E-state index contributed by atoms with van der Waals surface area (Å²) < 4.78 is 12.9. The lowest BCUT2D eigenvalue weighted by Gasteiger charge is -2.38. The summed E-state index contributed by atoms with van der Waals surface area (Å²) >= 11 is 0. The van der Waals surface area contributed by atoms with E-state index < -0.39 is 5.54 Å². The Balaban J connectivity index is 1.90. The van der Waals surface area contributed by atoms with Gasteiger partial charge in [0.05, 0.1) is 6.07 Å². The van der Waals surface area contributed by atoms with Crippen LogP contribution in [0.2, 0.25) is 0 Å². The predicted molar refractivity (Wildman–Crippen MR) is 78.1 cm³/mol. The number of nitriles is 1. The highest BCUT2D eigenvalue weighted by atomic mass is 19.1. The van der Waals surface area contributed by atoms with Gasteiger partial charge in [-0.15, -0.1) is 0 Å². The fraction of sp³-hybridized carbons (Fsp3) is 0.533. The van der Waals surface area contributed by atoms with Crippen molar-refractivity contribution in [1.82, 2.24) is 10.2 Å². The monoisotopic (exact) mass is 276 g/mol. The molecule has 108 valence electrons. The second kappa shape index (κ2) is 6.21. The van der Waals surface area contributed by atoms with E-state index in [1.807, 2.05) is 26.1 Å². The molecule has 0 saturated carbocycles. The number of halogens is 1. The van der Waals surface area contributed by atoms with Crippen LogP contribution in [-0.4, -0.2) is 50.2 Å².